The molecule has 0 spiro atoms. The van der Waals surface area contributed by atoms with Gasteiger partial charge in [-0.25, -0.2) is 4.68 Å². The van der Waals surface area contributed by atoms with Crippen LogP contribution in [0.4, 0.5) is 5.82 Å². The maximum atomic E-state index is 13.8. The highest BCUT2D eigenvalue weighted by molar-refractivity contribution is 8.00. The summed E-state index contributed by atoms with van der Waals surface area (Å²) in [6.07, 6.45) is 0. The number of rotatable bonds is 7. The summed E-state index contributed by atoms with van der Waals surface area (Å²) in [4.78, 5) is 30.6. The Labute approximate surface area is 239 Å². The molecule has 2 aliphatic rings. The molecule has 1 N–H and O–H groups in total. The molecule has 1 atom stereocenters. The average molecular weight is 564 g/mol. The Kier molecular flexibility index (Phi) is 7.83. The van der Waals surface area contributed by atoms with Gasteiger partial charge in [0.1, 0.15) is 12.4 Å². The van der Waals surface area contributed by atoms with Crippen molar-refractivity contribution in [3.8, 4) is 17.2 Å². The summed E-state index contributed by atoms with van der Waals surface area (Å²) in [5.41, 5.74) is 4.40. The number of anilines is 1. The normalized spacial score (nSPS) is 16.7. The number of carbonyl (C=O) groups is 2. The van der Waals surface area contributed by atoms with Gasteiger partial charge in [0.25, 0.3) is 0 Å². The van der Waals surface area contributed by atoms with Gasteiger partial charge in [0.2, 0.25) is 18.6 Å². The fourth-order valence-corrected chi connectivity index (χ4v) is 6.16. The lowest BCUT2D eigenvalue weighted by atomic mass is 9.87. The highest BCUT2D eigenvalue weighted by Crippen LogP contribution is 2.49. The van der Waals surface area contributed by atoms with Crippen LogP contribution in [-0.4, -0.2) is 72.8 Å². The van der Waals surface area contributed by atoms with Gasteiger partial charge in [-0.15, -0.1) is 11.8 Å². The van der Waals surface area contributed by atoms with E-state index in [1.807, 2.05) is 73.1 Å². The van der Waals surface area contributed by atoms with Crippen LogP contribution in [0.3, 0.4) is 0 Å². The van der Waals surface area contributed by atoms with Crippen molar-refractivity contribution < 1.29 is 19.1 Å². The van der Waals surface area contributed by atoms with Gasteiger partial charge in [0, 0.05) is 24.1 Å². The summed E-state index contributed by atoms with van der Waals surface area (Å²) in [5, 5.41) is 7.92. The van der Waals surface area contributed by atoms with E-state index in [4.69, 9.17) is 14.6 Å². The molecular formula is C30H37N5O4S. The van der Waals surface area contributed by atoms with Crippen LogP contribution in [0.2, 0.25) is 0 Å². The van der Waals surface area contributed by atoms with Crippen LogP contribution in [0, 0.1) is 6.92 Å². The summed E-state index contributed by atoms with van der Waals surface area (Å²) >= 11 is 1.55. The Balaban J connectivity index is 1.68. The first-order valence-electron chi connectivity index (χ1n) is 13.5. The summed E-state index contributed by atoms with van der Waals surface area (Å²) in [6.45, 7) is 9.73. The number of nitrogens with one attached hydrogen (secondary N) is 1. The van der Waals surface area contributed by atoms with Crippen LogP contribution in [-0.2, 0) is 15.0 Å². The summed E-state index contributed by atoms with van der Waals surface area (Å²) < 4.78 is 13.1. The number of hydrogen-bond acceptors (Lipinski definition) is 7. The monoisotopic (exact) mass is 563 g/mol. The SMILES string of the molecule is Cc1cccc(-n2nc(C(C)(C)C)c3c2N(CC(=O)NCCN(C)C)C(=O)CS[C@H]3c2ccc3c(c2)OCO3)c1. The molecule has 3 aromatic rings. The third-order valence-electron chi connectivity index (χ3n) is 6.93. The second-order valence-corrected chi connectivity index (χ2v) is 12.6. The zero-order valence-corrected chi connectivity index (χ0v) is 24.8. The Morgan fingerprint density at radius 3 is 2.65 bits per heavy atom. The first-order valence-corrected chi connectivity index (χ1v) is 14.5. The fourth-order valence-electron chi connectivity index (χ4n) is 4.97. The molecule has 2 aromatic carbocycles. The zero-order chi connectivity index (χ0) is 28.6. The smallest absolute Gasteiger partial charge is 0.240 e. The van der Waals surface area contributed by atoms with Crippen LogP contribution >= 0.6 is 11.8 Å². The van der Waals surface area contributed by atoms with Gasteiger partial charge in [0.05, 0.1) is 22.4 Å². The molecule has 0 bridgehead atoms. The summed E-state index contributed by atoms with van der Waals surface area (Å²) in [5.74, 6) is 1.91. The lowest BCUT2D eigenvalue weighted by molar-refractivity contribution is -0.122. The van der Waals surface area contributed by atoms with E-state index in [-0.39, 0.29) is 41.6 Å². The van der Waals surface area contributed by atoms with Crippen LogP contribution < -0.4 is 19.7 Å². The van der Waals surface area contributed by atoms with E-state index < -0.39 is 0 Å². The number of fused-ring (bicyclic) bond motifs is 2. The van der Waals surface area contributed by atoms with Crippen molar-refractivity contribution in [3.63, 3.8) is 0 Å². The molecule has 2 amide bonds. The Bertz CT molecular complexity index is 1430. The van der Waals surface area contributed by atoms with Gasteiger partial charge in [-0.3, -0.25) is 14.5 Å². The Morgan fingerprint density at radius 1 is 1.15 bits per heavy atom. The van der Waals surface area contributed by atoms with E-state index in [0.29, 0.717) is 30.4 Å². The number of amides is 2. The zero-order valence-electron chi connectivity index (χ0n) is 24.0. The number of aryl methyl sites for hydroxylation is 1. The lowest BCUT2D eigenvalue weighted by Crippen LogP contribution is -2.43. The third kappa shape index (κ3) is 5.69. The molecule has 3 heterocycles. The molecule has 0 fully saturated rings. The first kappa shape index (κ1) is 28.0. The second kappa shape index (κ2) is 11.2. The number of carbonyl (C=O) groups excluding carboxylic acids is 2. The molecule has 0 aliphatic carbocycles. The summed E-state index contributed by atoms with van der Waals surface area (Å²) in [6, 6.07) is 14.0. The minimum atomic E-state index is -0.332. The van der Waals surface area contributed by atoms with Crippen LogP contribution in [0.1, 0.15) is 48.4 Å². The maximum Gasteiger partial charge on any atom is 0.240 e. The Hall–Kier alpha value is -3.50. The van der Waals surface area contributed by atoms with Gasteiger partial charge in [0.15, 0.2) is 11.5 Å². The van der Waals surface area contributed by atoms with E-state index in [9.17, 15) is 9.59 Å². The van der Waals surface area contributed by atoms with Crippen molar-refractivity contribution in [2.24, 2.45) is 0 Å². The second-order valence-electron chi connectivity index (χ2n) is 11.5. The lowest BCUT2D eigenvalue weighted by Gasteiger charge is -2.25. The number of likely N-dealkylation sites (N-methyl/N-ethyl adjacent to an activating group) is 1. The molecule has 9 nitrogen and oxygen atoms in total. The largest absolute Gasteiger partial charge is 0.454 e. The van der Waals surface area contributed by atoms with Crippen molar-refractivity contribution >= 4 is 29.4 Å². The van der Waals surface area contributed by atoms with E-state index in [1.165, 1.54) is 0 Å². The molecule has 2 aliphatic heterocycles. The van der Waals surface area contributed by atoms with Crippen molar-refractivity contribution in [1.82, 2.24) is 20.0 Å². The highest BCUT2D eigenvalue weighted by atomic mass is 32.2. The third-order valence-corrected chi connectivity index (χ3v) is 8.18. The quantitative estimate of drug-likeness (QED) is 0.464. The molecule has 10 heteroatoms. The predicted molar refractivity (Wildman–Crippen MR) is 158 cm³/mol. The van der Waals surface area contributed by atoms with Gasteiger partial charge in [-0.2, -0.15) is 5.10 Å². The Morgan fingerprint density at radius 2 is 1.93 bits per heavy atom. The standard InChI is InChI=1S/C30H37N5O4S/c1-19-8-7-9-21(14-19)35-29-26(28(32-35)30(2,3)4)27(20-10-11-22-23(15-20)39-18-38-22)40-17-25(37)34(29)16-24(36)31-12-13-33(5)6/h7-11,14-15,27H,12-13,16-18H2,1-6H3,(H,31,36)/t27-/m0/s1. The van der Waals surface area contributed by atoms with Gasteiger partial charge >= 0.3 is 0 Å². The molecule has 0 saturated heterocycles. The van der Waals surface area contributed by atoms with Gasteiger partial charge in [-0.1, -0.05) is 39.0 Å². The minimum absolute atomic E-state index is 0.0885. The van der Waals surface area contributed by atoms with E-state index in [0.717, 1.165) is 28.1 Å². The molecule has 0 saturated carbocycles. The molecule has 40 heavy (non-hydrogen) atoms. The van der Waals surface area contributed by atoms with E-state index in [2.05, 4.69) is 26.1 Å². The van der Waals surface area contributed by atoms with Crippen LogP contribution in [0.25, 0.3) is 5.69 Å². The summed E-state index contributed by atoms with van der Waals surface area (Å²) in [7, 11) is 3.91. The number of thioether (sulfide) groups is 1. The fraction of sp³-hybridized carbons (Fsp3) is 0.433. The molecule has 1 aromatic heterocycles. The number of nitrogens with zero attached hydrogens (tertiary/aromatic N) is 4. The first-order chi connectivity index (χ1) is 19.0. The highest BCUT2D eigenvalue weighted by Gasteiger charge is 2.40. The van der Waals surface area contributed by atoms with Crippen molar-refractivity contribution in [3.05, 3.63) is 64.8 Å². The van der Waals surface area contributed by atoms with Crippen molar-refractivity contribution in [1.29, 1.82) is 0 Å². The van der Waals surface area contributed by atoms with Gasteiger partial charge in [-0.05, 0) is 56.4 Å². The molecule has 5 rings (SSSR count). The van der Waals surface area contributed by atoms with E-state index >= 15 is 0 Å². The van der Waals surface area contributed by atoms with Crippen molar-refractivity contribution in [2.45, 2.75) is 38.4 Å². The predicted octanol–water partition coefficient (Wildman–Crippen LogP) is 4.05. The number of aromatic nitrogens is 2. The topological polar surface area (TPSA) is 88.9 Å². The molecule has 0 radical (unpaired) electrons. The molecule has 0 unspecified atom stereocenters. The van der Waals surface area contributed by atoms with Gasteiger partial charge < -0.3 is 19.7 Å². The van der Waals surface area contributed by atoms with E-state index in [1.54, 1.807) is 16.7 Å². The minimum Gasteiger partial charge on any atom is -0.454 e. The number of benzene rings is 2. The number of hydrogen-bond donors (Lipinski definition) is 1. The van der Waals surface area contributed by atoms with Crippen LogP contribution in [0.15, 0.2) is 42.5 Å². The number of ether oxygens (including phenoxy) is 2. The average Bonchev–Trinajstić information content (AvgIpc) is 3.49. The molecular weight excluding hydrogens is 526 g/mol. The molecule has 212 valence electrons. The van der Waals surface area contributed by atoms with Crippen LogP contribution in [0.5, 0.6) is 11.5 Å². The maximum absolute atomic E-state index is 13.8. The van der Waals surface area contributed by atoms with Crippen molar-refractivity contribution in [2.75, 3.05) is 51.2 Å².